The Labute approximate surface area is 155 Å². The van der Waals surface area contributed by atoms with Gasteiger partial charge in [-0.2, -0.15) is 10.1 Å². The Morgan fingerprint density at radius 2 is 2.00 bits per heavy atom. The Kier molecular flexibility index (Phi) is 5.30. The van der Waals surface area contributed by atoms with E-state index in [1.54, 1.807) is 39.2 Å². The van der Waals surface area contributed by atoms with Crippen LogP contribution in [-0.2, 0) is 11.3 Å². The molecule has 0 aliphatic rings. The molecule has 1 aromatic carbocycles. The molecular formula is C18H19N5O4. The number of methoxy groups -OCH3 is 1. The van der Waals surface area contributed by atoms with Crippen molar-refractivity contribution in [2.24, 2.45) is 0 Å². The molecule has 9 nitrogen and oxygen atoms in total. The highest BCUT2D eigenvalue weighted by Gasteiger charge is 2.18. The van der Waals surface area contributed by atoms with Gasteiger partial charge in [-0.3, -0.25) is 9.59 Å². The number of nitrogens with zero attached hydrogens (tertiary/aromatic N) is 4. The number of rotatable bonds is 6. The summed E-state index contributed by atoms with van der Waals surface area (Å²) in [5.41, 5.74) is 1.01. The lowest BCUT2D eigenvalue weighted by molar-refractivity contribution is -0.124. The van der Waals surface area contributed by atoms with Gasteiger partial charge >= 0.3 is 0 Å². The summed E-state index contributed by atoms with van der Waals surface area (Å²) in [5, 5.41) is 10.6. The Bertz CT molecular complexity index is 993. The van der Waals surface area contributed by atoms with Gasteiger partial charge in [0.2, 0.25) is 11.8 Å². The molecule has 2 heterocycles. The summed E-state index contributed by atoms with van der Waals surface area (Å²) in [6, 6.07) is 9.46. The maximum absolute atomic E-state index is 12.4. The highest BCUT2D eigenvalue weighted by atomic mass is 16.5. The zero-order chi connectivity index (χ0) is 19.4. The molecule has 0 radical (unpaired) electrons. The zero-order valence-corrected chi connectivity index (χ0v) is 15.2. The Balaban J connectivity index is 1.77. The molecule has 27 heavy (non-hydrogen) atoms. The molecule has 9 heteroatoms. The SMILES string of the molecule is COc1ccc(-c2ccc(=O)n(C(C)C(=O)NCc3nc(C)no3)n2)cc1. The predicted octanol–water partition coefficient (Wildman–Crippen LogP) is 1.49. The number of nitrogens with one attached hydrogen (secondary N) is 1. The molecule has 0 aliphatic carbocycles. The van der Waals surface area contributed by atoms with E-state index in [4.69, 9.17) is 9.26 Å². The van der Waals surface area contributed by atoms with E-state index in [1.165, 1.54) is 6.07 Å². The summed E-state index contributed by atoms with van der Waals surface area (Å²) >= 11 is 0. The second-order valence-electron chi connectivity index (χ2n) is 5.86. The summed E-state index contributed by atoms with van der Waals surface area (Å²) in [7, 11) is 1.59. The number of benzene rings is 1. The van der Waals surface area contributed by atoms with Crippen molar-refractivity contribution in [2.45, 2.75) is 26.4 Å². The number of aromatic nitrogens is 4. The van der Waals surface area contributed by atoms with Gasteiger partial charge in [-0.25, -0.2) is 4.68 Å². The monoisotopic (exact) mass is 369 g/mol. The minimum Gasteiger partial charge on any atom is -0.497 e. The van der Waals surface area contributed by atoms with Crippen molar-refractivity contribution in [3.8, 4) is 17.0 Å². The van der Waals surface area contributed by atoms with Crippen LogP contribution in [-0.4, -0.2) is 32.9 Å². The van der Waals surface area contributed by atoms with Gasteiger partial charge in [0.05, 0.1) is 19.3 Å². The van der Waals surface area contributed by atoms with Crippen LogP contribution in [0.3, 0.4) is 0 Å². The van der Waals surface area contributed by atoms with Gasteiger partial charge in [-0.15, -0.1) is 0 Å². The number of hydrogen-bond acceptors (Lipinski definition) is 7. The minimum atomic E-state index is -0.806. The quantitative estimate of drug-likeness (QED) is 0.700. The molecule has 1 amide bonds. The molecular weight excluding hydrogens is 350 g/mol. The molecule has 1 unspecified atom stereocenters. The van der Waals surface area contributed by atoms with Gasteiger partial charge in [-0.1, -0.05) is 5.16 Å². The van der Waals surface area contributed by atoms with Crippen LogP contribution in [0, 0.1) is 6.92 Å². The van der Waals surface area contributed by atoms with Crippen molar-refractivity contribution in [3.05, 3.63) is 58.5 Å². The van der Waals surface area contributed by atoms with E-state index in [0.717, 1.165) is 16.0 Å². The van der Waals surface area contributed by atoms with Crippen LogP contribution in [0.1, 0.15) is 24.7 Å². The standard InChI is InChI=1S/C18H19N5O4/c1-11(18(25)19-10-16-20-12(2)22-27-16)23-17(24)9-8-15(21-23)13-4-6-14(26-3)7-5-13/h4-9,11H,10H2,1-3H3,(H,19,25). The second kappa shape index (κ2) is 7.81. The average Bonchev–Trinajstić information content (AvgIpc) is 3.11. The molecule has 3 rings (SSSR count). The molecule has 0 fully saturated rings. The Hall–Kier alpha value is -3.49. The first-order valence-corrected chi connectivity index (χ1v) is 8.29. The van der Waals surface area contributed by atoms with Crippen LogP contribution in [0.5, 0.6) is 5.75 Å². The smallest absolute Gasteiger partial charge is 0.267 e. The third-order valence-corrected chi connectivity index (χ3v) is 3.94. The number of hydrogen-bond donors (Lipinski definition) is 1. The lowest BCUT2D eigenvalue weighted by Gasteiger charge is -2.14. The molecule has 0 saturated carbocycles. The fourth-order valence-electron chi connectivity index (χ4n) is 2.45. The molecule has 0 aliphatic heterocycles. The van der Waals surface area contributed by atoms with Crippen LogP contribution in [0.4, 0.5) is 0 Å². The van der Waals surface area contributed by atoms with Crippen molar-refractivity contribution < 1.29 is 14.1 Å². The first-order chi connectivity index (χ1) is 13.0. The fourth-order valence-corrected chi connectivity index (χ4v) is 2.45. The highest BCUT2D eigenvalue weighted by Crippen LogP contribution is 2.20. The van der Waals surface area contributed by atoms with Gasteiger partial charge in [0.25, 0.3) is 5.56 Å². The first-order valence-electron chi connectivity index (χ1n) is 8.29. The van der Waals surface area contributed by atoms with E-state index in [0.29, 0.717) is 17.4 Å². The number of amides is 1. The molecule has 0 saturated heterocycles. The second-order valence-corrected chi connectivity index (χ2v) is 5.86. The highest BCUT2D eigenvalue weighted by molar-refractivity contribution is 5.79. The van der Waals surface area contributed by atoms with Gasteiger partial charge in [0.15, 0.2) is 5.82 Å². The molecule has 3 aromatic rings. The maximum Gasteiger partial charge on any atom is 0.267 e. The van der Waals surface area contributed by atoms with Crippen molar-refractivity contribution in [1.82, 2.24) is 25.2 Å². The van der Waals surface area contributed by atoms with Crippen molar-refractivity contribution in [1.29, 1.82) is 0 Å². The van der Waals surface area contributed by atoms with E-state index < -0.39 is 6.04 Å². The lowest BCUT2D eigenvalue weighted by atomic mass is 10.1. The fraction of sp³-hybridized carbons (Fsp3) is 0.278. The topological polar surface area (TPSA) is 112 Å². The van der Waals surface area contributed by atoms with Gasteiger partial charge in [0, 0.05) is 11.6 Å². The van der Waals surface area contributed by atoms with Crippen molar-refractivity contribution >= 4 is 5.91 Å². The average molecular weight is 369 g/mol. The molecule has 140 valence electrons. The third kappa shape index (κ3) is 4.20. The van der Waals surface area contributed by atoms with Crippen LogP contribution in [0.2, 0.25) is 0 Å². The van der Waals surface area contributed by atoms with E-state index >= 15 is 0 Å². The summed E-state index contributed by atoms with van der Waals surface area (Å²) in [5.74, 6) is 1.11. The van der Waals surface area contributed by atoms with E-state index in [9.17, 15) is 9.59 Å². The summed E-state index contributed by atoms with van der Waals surface area (Å²) < 4.78 is 11.2. The van der Waals surface area contributed by atoms with Gasteiger partial charge < -0.3 is 14.6 Å². The first kappa shape index (κ1) is 18.3. The minimum absolute atomic E-state index is 0.0803. The van der Waals surface area contributed by atoms with Crippen LogP contribution in [0.15, 0.2) is 45.7 Å². The molecule has 0 spiro atoms. The molecule has 0 bridgehead atoms. The maximum atomic E-state index is 12.4. The zero-order valence-electron chi connectivity index (χ0n) is 15.2. The van der Waals surface area contributed by atoms with Gasteiger partial charge in [-0.05, 0) is 44.2 Å². The van der Waals surface area contributed by atoms with E-state index in [1.807, 2.05) is 12.1 Å². The normalized spacial score (nSPS) is 11.8. The summed E-state index contributed by atoms with van der Waals surface area (Å²) in [6.45, 7) is 3.36. The van der Waals surface area contributed by atoms with Crippen molar-refractivity contribution in [2.75, 3.05) is 7.11 Å². The molecule has 1 N–H and O–H groups in total. The number of carbonyl (C=O) groups excluding carboxylic acids is 1. The van der Waals surface area contributed by atoms with E-state index in [2.05, 4.69) is 20.6 Å². The number of carbonyl (C=O) groups is 1. The summed E-state index contributed by atoms with van der Waals surface area (Å²) in [4.78, 5) is 28.6. The Morgan fingerprint density at radius 3 is 2.63 bits per heavy atom. The number of ether oxygens (including phenoxy) is 1. The van der Waals surface area contributed by atoms with Crippen LogP contribution < -0.4 is 15.6 Å². The molecule has 2 aromatic heterocycles. The third-order valence-electron chi connectivity index (χ3n) is 3.94. The predicted molar refractivity (Wildman–Crippen MR) is 96.1 cm³/mol. The summed E-state index contributed by atoms with van der Waals surface area (Å²) in [6.07, 6.45) is 0. The lowest BCUT2D eigenvalue weighted by Crippen LogP contribution is -2.36. The van der Waals surface area contributed by atoms with Crippen LogP contribution >= 0.6 is 0 Å². The number of aryl methyl sites for hydroxylation is 1. The van der Waals surface area contributed by atoms with Crippen molar-refractivity contribution in [3.63, 3.8) is 0 Å². The Morgan fingerprint density at radius 1 is 1.26 bits per heavy atom. The van der Waals surface area contributed by atoms with Crippen LogP contribution in [0.25, 0.3) is 11.3 Å². The largest absolute Gasteiger partial charge is 0.497 e. The van der Waals surface area contributed by atoms with Gasteiger partial charge in [0.1, 0.15) is 11.8 Å². The van der Waals surface area contributed by atoms with E-state index in [-0.39, 0.29) is 18.0 Å². The molecule has 1 atom stereocenters.